The van der Waals surface area contributed by atoms with Crippen molar-refractivity contribution in [3.63, 3.8) is 0 Å². The van der Waals surface area contributed by atoms with Gasteiger partial charge in [-0.1, -0.05) is 55.3 Å². The second kappa shape index (κ2) is 8.78. The molecule has 0 atom stereocenters. The highest BCUT2D eigenvalue weighted by molar-refractivity contribution is 7.99. The molecule has 0 aliphatic heterocycles. The molecule has 1 amide bonds. The highest BCUT2D eigenvalue weighted by atomic mass is 32.2. The van der Waals surface area contributed by atoms with Crippen molar-refractivity contribution in [1.82, 2.24) is 4.98 Å². The van der Waals surface area contributed by atoms with Gasteiger partial charge in [-0.05, 0) is 49.1 Å². The van der Waals surface area contributed by atoms with Gasteiger partial charge in [0, 0.05) is 34.8 Å². The molecule has 0 saturated heterocycles. The van der Waals surface area contributed by atoms with E-state index in [0.717, 1.165) is 21.5 Å². The van der Waals surface area contributed by atoms with Crippen molar-refractivity contribution in [3.05, 3.63) is 60.8 Å². The van der Waals surface area contributed by atoms with Crippen LogP contribution in [0.2, 0.25) is 0 Å². The van der Waals surface area contributed by atoms with Crippen LogP contribution in [-0.4, -0.2) is 17.9 Å². The Balaban J connectivity index is 1.60. The summed E-state index contributed by atoms with van der Waals surface area (Å²) in [7, 11) is 1.89. The molecule has 0 unspecified atom stereocenters. The molecule has 1 aliphatic carbocycles. The molecule has 28 heavy (non-hydrogen) atoms. The van der Waals surface area contributed by atoms with Crippen LogP contribution in [0.1, 0.15) is 38.5 Å². The fraction of sp³-hybridized carbons (Fsp3) is 0.333. The van der Waals surface area contributed by atoms with Crippen molar-refractivity contribution < 1.29 is 4.79 Å². The number of rotatable bonds is 5. The molecule has 1 heterocycles. The third kappa shape index (κ3) is 4.22. The van der Waals surface area contributed by atoms with E-state index < -0.39 is 0 Å². The molecule has 1 aliphatic rings. The van der Waals surface area contributed by atoms with E-state index in [9.17, 15) is 4.79 Å². The van der Waals surface area contributed by atoms with Crippen molar-refractivity contribution in [3.8, 4) is 0 Å². The highest BCUT2D eigenvalue weighted by Gasteiger charge is 2.21. The summed E-state index contributed by atoms with van der Waals surface area (Å²) in [4.78, 5) is 21.7. The summed E-state index contributed by atoms with van der Waals surface area (Å²) < 4.78 is 0. The van der Waals surface area contributed by atoms with E-state index in [2.05, 4.69) is 41.4 Å². The fourth-order valence-electron chi connectivity index (χ4n) is 4.02. The normalized spacial score (nSPS) is 14.9. The zero-order chi connectivity index (χ0) is 19.3. The number of hydrogen-bond acceptors (Lipinski definition) is 3. The van der Waals surface area contributed by atoms with Gasteiger partial charge in [0.25, 0.3) is 0 Å². The lowest BCUT2D eigenvalue weighted by atomic mass is 9.86. The summed E-state index contributed by atoms with van der Waals surface area (Å²) in [5.41, 5.74) is 1.79. The monoisotopic (exact) mass is 390 g/mol. The Morgan fingerprint density at radius 2 is 1.82 bits per heavy atom. The number of anilines is 1. The molecule has 4 rings (SSSR count). The summed E-state index contributed by atoms with van der Waals surface area (Å²) in [5.74, 6) is 0.734. The Kier molecular flexibility index (Phi) is 5.96. The molecule has 0 spiro atoms. The van der Waals surface area contributed by atoms with E-state index >= 15 is 0 Å². The predicted octanol–water partition coefficient (Wildman–Crippen LogP) is 6.32. The molecule has 1 saturated carbocycles. The maximum atomic E-state index is 12.9. The minimum Gasteiger partial charge on any atom is -0.313 e. The Bertz CT molecular complexity index is 951. The van der Waals surface area contributed by atoms with Gasteiger partial charge in [-0.2, -0.15) is 0 Å². The standard InChI is InChI=1S/C24H26N2OS/c1-26(23(27)17-18-9-4-2-5-10-18)21-14-15-22(20-13-8-16-25-24(20)21)28-19-11-6-3-7-12-19/h3,6-8,11-16,18H,2,4-5,9-10,17H2,1H3. The number of fused-ring (bicyclic) bond motifs is 1. The minimum atomic E-state index is 0.197. The van der Waals surface area contributed by atoms with Gasteiger partial charge in [-0.15, -0.1) is 0 Å². The third-order valence-electron chi connectivity index (χ3n) is 5.60. The largest absolute Gasteiger partial charge is 0.313 e. The Labute approximate surface area is 171 Å². The van der Waals surface area contributed by atoms with Gasteiger partial charge in [-0.25, -0.2) is 0 Å². The number of pyridine rings is 1. The van der Waals surface area contributed by atoms with Gasteiger partial charge in [0.2, 0.25) is 5.91 Å². The van der Waals surface area contributed by atoms with Gasteiger partial charge < -0.3 is 4.90 Å². The third-order valence-corrected chi connectivity index (χ3v) is 6.69. The van der Waals surface area contributed by atoms with Crippen LogP contribution in [0.15, 0.2) is 70.6 Å². The quantitative estimate of drug-likeness (QED) is 0.511. The predicted molar refractivity (Wildman–Crippen MR) is 117 cm³/mol. The van der Waals surface area contributed by atoms with Gasteiger partial charge in [-0.3, -0.25) is 9.78 Å². The second-order valence-corrected chi connectivity index (χ2v) is 8.67. The van der Waals surface area contributed by atoms with Crippen LogP contribution in [-0.2, 0) is 4.79 Å². The average Bonchev–Trinajstić information content (AvgIpc) is 2.75. The minimum absolute atomic E-state index is 0.197. The van der Waals surface area contributed by atoms with Crippen LogP contribution in [0.25, 0.3) is 10.9 Å². The van der Waals surface area contributed by atoms with Crippen LogP contribution in [0.5, 0.6) is 0 Å². The van der Waals surface area contributed by atoms with Crippen molar-refractivity contribution in [2.45, 2.75) is 48.3 Å². The average molecular weight is 391 g/mol. The van der Waals surface area contributed by atoms with Crippen LogP contribution < -0.4 is 4.90 Å². The molecule has 1 aromatic heterocycles. The summed E-state index contributed by atoms with van der Waals surface area (Å²) in [5, 5.41) is 1.09. The van der Waals surface area contributed by atoms with E-state index in [0.29, 0.717) is 12.3 Å². The summed E-state index contributed by atoms with van der Waals surface area (Å²) in [6.07, 6.45) is 8.66. The zero-order valence-electron chi connectivity index (χ0n) is 16.3. The zero-order valence-corrected chi connectivity index (χ0v) is 17.1. The summed E-state index contributed by atoms with van der Waals surface area (Å²) >= 11 is 1.73. The number of aromatic nitrogens is 1. The lowest BCUT2D eigenvalue weighted by Crippen LogP contribution is -2.29. The maximum Gasteiger partial charge on any atom is 0.227 e. The molecule has 1 fully saturated rings. The molecule has 0 radical (unpaired) electrons. The molecular weight excluding hydrogens is 364 g/mol. The van der Waals surface area contributed by atoms with E-state index in [4.69, 9.17) is 0 Å². The number of carbonyl (C=O) groups is 1. The SMILES string of the molecule is CN(C(=O)CC1CCCCC1)c1ccc(Sc2ccccc2)c2cccnc12. The number of benzene rings is 2. The first-order chi connectivity index (χ1) is 13.7. The summed E-state index contributed by atoms with van der Waals surface area (Å²) in [6.45, 7) is 0. The van der Waals surface area contributed by atoms with E-state index in [1.54, 1.807) is 16.7 Å². The fourth-order valence-corrected chi connectivity index (χ4v) is 4.97. The first-order valence-electron chi connectivity index (χ1n) is 10.1. The molecule has 3 nitrogen and oxygen atoms in total. The number of amides is 1. The highest BCUT2D eigenvalue weighted by Crippen LogP contribution is 2.37. The van der Waals surface area contributed by atoms with Gasteiger partial charge >= 0.3 is 0 Å². The van der Waals surface area contributed by atoms with Crippen LogP contribution in [0, 0.1) is 5.92 Å². The van der Waals surface area contributed by atoms with Crippen LogP contribution in [0.3, 0.4) is 0 Å². The van der Waals surface area contributed by atoms with E-state index in [1.807, 2.05) is 31.4 Å². The molecule has 4 heteroatoms. The maximum absolute atomic E-state index is 12.9. The summed E-state index contributed by atoms with van der Waals surface area (Å²) in [6, 6.07) is 18.6. The van der Waals surface area contributed by atoms with E-state index in [1.165, 1.54) is 37.0 Å². The Hall–Kier alpha value is -2.33. The lowest BCUT2D eigenvalue weighted by Gasteiger charge is -2.25. The van der Waals surface area contributed by atoms with Gasteiger partial charge in [0.1, 0.15) is 0 Å². The van der Waals surface area contributed by atoms with Crippen LogP contribution in [0.4, 0.5) is 5.69 Å². The Morgan fingerprint density at radius 3 is 2.61 bits per heavy atom. The van der Waals surface area contributed by atoms with Gasteiger partial charge in [0.15, 0.2) is 0 Å². The number of nitrogens with zero attached hydrogens (tertiary/aromatic N) is 2. The topological polar surface area (TPSA) is 33.2 Å². The van der Waals surface area contributed by atoms with Crippen molar-refractivity contribution in [1.29, 1.82) is 0 Å². The molecule has 0 bridgehead atoms. The first kappa shape index (κ1) is 19.0. The van der Waals surface area contributed by atoms with Crippen molar-refractivity contribution in [2.24, 2.45) is 5.92 Å². The molecule has 2 aromatic carbocycles. The van der Waals surface area contributed by atoms with E-state index in [-0.39, 0.29) is 5.91 Å². The molecule has 3 aromatic rings. The second-order valence-electron chi connectivity index (χ2n) is 7.56. The van der Waals surface area contributed by atoms with Gasteiger partial charge in [0.05, 0.1) is 11.2 Å². The number of carbonyl (C=O) groups excluding carboxylic acids is 1. The molecule has 0 N–H and O–H groups in total. The first-order valence-corrected chi connectivity index (χ1v) is 10.9. The van der Waals surface area contributed by atoms with Crippen LogP contribution >= 0.6 is 11.8 Å². The lowest BCUT2D eigenvalue weighted by molar-refractivity contribution is -0.119. The number of hydrogen-bond donors (Lipinski definition) is 0. The Morgan fingerprint density at radius 1 is 1.04 bits per heavy atom. The van der Waals surface area contributed by atoms with Crippen molar-refractivity contribution >= 4 is 34.3 Å². The van der Waals surface area contributed by atoms with Crippen molar-refractivity contribution in [2.75, 3.05) is 11.9 Å². The molecule has 144 valence electrons. The molecular formula is C24H26N2OS. The smallest absolute Gasteiger partial charge is 0.227 e.